The van der Waals surface area contributed by atoms with Gasteiger partial charge in [0, 0.05) is 10.0 Å². The Labute approximate surface area is 195 Å². The SMILES string of the molecule is Cc1nnc(N2C(=O)C(=O)/C(=C(/O)c3ccc4c(c3)OCCO4)C2c2cccc(Br)c2)s1. The van der Waals surface area contributed by atoms with Gasteiger partial charge in [0.15, 0.2) is 11.5 Å². The minimum atomic E-state index is -0.868. The second-order valence-electron chi connectivity index (χ2n) is 7.19. The van der Waals surface area contributed by atoms with Crippen LogP contribution in [0.25, 0.3) is 5.76 Å². The van der Waals surface area contributed by atoms with Crippen LogP contribution in [-0.2, 0) is 9.59 Å². The number of aromatic nitrogens is 2. The van der Waals surface area contributed by atoms with Crippen LogP contribution in [0.2, 0.25) is 0 Å². The van der Waals surface area contributed by atoms with E-state index >= 15 is 0 Å². The molecular weight excluding hydrogens is 498 g/mol. The molecule has 0 bridgehead atoms. The molecule has 1 N–H and O–H groups in total. The molecule has 0 saturated carbocycles. The monoisotopic (exact) mass is 513 g/mol. The molecule has 0 spiro atoms. The van der Waals surface area contributed by atoms with Crippen molar-refractivity contribution in [3.63, 3.8) is 0 Å². The van der Waals surface area contributed by atoms with Crippen LogP contribution in [0.4, 0.5) is 5.13 Å². The lowest BCUT2D eigenvalue weighted by atomic mass is 9.95. The van der Waals surface area contributed by atoms with Crippen LogP contribution in [0, 0.1) is 6.92 Å². The summed E-state index contributed by atoms with van der Waals surface area (Å²) in [6.45, 7) is 2.59. The summed E-state index contributed by atoms with van der Waals surface area (Å²) in [4.78, 5) is 27.5. The first-order valence-electron chi connectivity index (χ1n) is 9.70. The normalized spacial score (nSPS) is 19.4. The fourth-order valence-corrected chi connectivity index (χ4v) is 4.88. The highest BCUT2D eigenvalue weighted by atomic mass is 79.9. The van der Waals surface area contributed by atoms with E-state index in [2.05, 4.69) is 26.1 Å². The zero-order valence-corrected chi connectivity index (χ0v) is 19.1. The highest BCUT2D eigenvalue weighted by Gasteiger charge is 2.48. The summed E-state index contributed by atoms with van der Waals surface area (Å²) in [6, 6.07) is 11.3. The second-order valence-corrected chi connectivity index (χ2v) is 9.26. The summed E-state index contributed by atoms with van der Waals surface area (Å²) in [5.41, 5.74) is 0.962. The number of aliphatic hydroxyl groups excluding tert-OH is 1. The molecule has 1 saturated heterocycles. The van der Waals surface area contributed by atoms with Crippen molar-refractivity contribution < 1.29 is 24.2 Å². The van der Waals surface area contributed by atoms with E-state index in [1.54, 1.807) is 43.3 Å². The summed E-state index contributed by atoms with van der Waals surface area (Å²) in [5, 5.41) is 20.2. The van der Waals surface area contributed by atoms with Crippen LogP contribution < -0.4 is 14.4 Å². The van der Waals surface area contributed by atoms with Crippen molar-refractivity contribution in [2.45, 2.75) is 13.0 Å². The van der Waals surface area contributed by atoms with Gasteiger partial charge < -0.3 is 14.6 Å². The Hall–Kier alpha value is -3.24. The van der Waals surface area contributed by atoms with E-state index in [1.807, 2.05) is 6.07 Å². The molecule has 3 heterocycles. The van der Waals surface area contributed by atoms with E-state index in [-0.39, 0.29) is 16.5 Å². The van der Waals surface area contributed by atoms with E-state index in [0.29, 0.717) is 40.8 Å². The maximum Gasteiger partial charge on any atom is 0.301 e. The molecular formula is C22H16BrN3O5S. The van der Waals surface area contributed by atoms with Gasteiger partial charge in [-0.3, -0.25) is 14.5 Å². The van der Waals surface area contributed by atoms with Gasteiger partial charge in [0.2, 0.25) is 5.13 Å². The molecule has 1 unspecified atom stereocenters. The summed E-state index contributed by atoms with van der Waals surface area (Å²) < 4.78 is 11.9. The maximum atomic E-state index is 13.1. The number of rotatable bonds is 3. The summed E-state index contributed by atoms with van der Waals surface area (Å²) in [6.07, 6.45) is 0. The van der Waals surface area contributed by atoms with E-state index in [9.17, 15) is 14.7 Å². The second kappa shape index (κ2) is 8.03. The number of ketones is 1. The van der Waals surface area contributed by atoms with Gasteiger partial charge in [0.05, 0.1) is 11.6 Å². The quantitative estimate of drug-likeness (QED) is 0.320. The first-order chi connectivity index (χ1) is 15.4. The number of hydrogen-bond acceptors (Lipinski definition) is 8. The lowest BCUT2D eigenvalue weighted by molar-refractivity contribution is -0.132. The smallest absolute Gasteiger partial charge is 0.301 e. The first kappa shape index (κ1) is 20.7. The molecule has 1 atom stereocenters. The van der Waals surface area contributed by atoms with Gasteiger partial charge in [0.25, 0.3) is 5.78 Å². The maximum absolute atomic E-state index is 13.1. The number of aryl methyl sites for hydroxylation is 1. The Balaban J connectivity index is 1.70. The number of aliphatic hydroxyl groups is 1. The molecule has 0 radical (unpaired) electrons. The third-order valence-electron chi connectivity index (χ3n) is 5.15. The molecule has 1 fully saturated rings. The fourth-order valence-electron chi connectivity index (χ4n) is 3.75. The van der Waals surface area contributed by atoms with Gasteiger partial charge in [-0.15, -0.1) is 10.2 Å². The number of benzene rings is 2. The number of fused-ring (bicyclic) bond motifs is 1. The molecule has 1 aromatic heterocycles. The Morgan fingerprint density at radius 3 is 2.62 bits per heavy atom. The molecule has 3 aromatic rings. The highest BCUT2D eigenvalue weighted by molar-refractivity contribution is 9.10. The van der Waals surface area contributed by atoms with Crippen molar-refractivity contribution in [1.29, 1.82) is 0 Å². The standard InChI is InChI=1S/C22H16BrN3O5S/c1-11-24-25-22(32-11)26-18(12-3-2-4-14(23)9-12)17(20(28)21(26)29)19(27)13-5-6-15-16(10-13)31-8-7-30-15/h2-6,9-10,18,27H,7-8H2,1H3/b19-17+. The third kappa shape index (κ3) is 3.45. The predicted molar refractivity (Wildman–Crippen MR) is 121 cm³/mol. The minimum Gasteiger partial charge on any atom is -0.507 e. The average Bonchev–Trinajstić information content (AvgIpc) is 3.33. The Morgan fingerprint density at radius 1 is 1.12 bits per heavy atom. The molecule has 32 heavy (non-hydrogen) atoms. The average molecular weight is 514 g/mol. The van der Waals surface area contributed by atoms with Gasteiger partial charge in [-0.1, -0.05) is 39.4 Å². The highest BCUT2D eigenvalue weighted by Crippen LogP contribution is 2.44. The minimum absolute atomic E-state index is 0.0300. The van der Waals surface area contributed by atoms with Gasteiger partial charge >= 0.3 is 5.91 Å². The zero-order chi connectivity index (χ0) is 22.4. The topological polar surface area (TPSA) is 102 Å². The summed E-state index contributed by atoms with van der Waals surface area (Å²) in [7, 11) is 0. The molecule has 162 valence electrons. The van der Waals surface area contributed by atoms with E-state index in [1.165, 1.54) is 16.2 Å². The number of amides is 1. The van der Waals surface area contributed by atoms with Crippen LogP contribution in [0.5, 0.6) is 11.5 Å². The number of carbonyl (C=O) groups is 2. The van der Waals surface area contributed by atoms with Crippen LogP contribution in [0.1, 0.15) is 22.2 Å². The van der Waals surface area contributed by atoms with Crippen molar-refractivity contribution in [2.75, 3.05) is 18.1 Å². The summed E-state index contributed by atoms with van der Waals surface area (Å²) in [5.74, 6) is -0.844. The van der Waals surface area contributed by atoms with Crippen LogP contribution in [-0.4, -0.2) is 40.2 Å². The molecule has 8 nitrogen and oxygen atoms in total. The van der Waals surface area contributed by atoms with Crippen molar-refractivity contribution in [2.24, 2.45) is 0 Å². The van der Waals surface area contributed by atoms with Gasteiger partial charge in [-0.25, -0.2) is 0 Å². The molecule has 2 aliphatic rings. The lowest BCUT2D eigenvalue weighted by Gasteiger charge is -2.23. The molecule has 5 rings (SSSR count). The first-order valence-corrected chi connectivity index (χ1v) is 11.3. The fraction of sp³-hybridized carbons (Fsp3) is 0.182. The molecule has 1 amide bonds. The Kier molecular flexibility index (Phi) is 5.18. The third-order valence-corrected chi connectivity index (χ3v) is 6.48. The number of halogens is 1. The molecule has 0 aliphatic carbocycles. The van der Waals surface area contributed by atoms with Crippen molar-refractivity contribution >= 4 is 49.8 Å². The van der Waals surface area contributed by atoms with Gasteiger partial charge in [-0.2, -0.15) is 0 Å². The number of hydrogen-bond donors (Lipinski definition) is 1. The van der Waals surface area contributed by atoms with Crippen molar-refractivity contribution in [1.82, 2.24) is 10.2 Å². The van der Waals surface area contributed by atoms with E-state index < -0.39 is 17.7 Å². The van der Waals surface area contributed by atoms with E-state index in [4.69, 9.17) is 9.47 Å². The van der Waals surface area contributed by atoms with Crippen LogP contribution >= 0.6 is 27.3 Å². The van der Waals surface area contributed by atoms with Crippen molar-refractivity contribution in [3.05, 3.63) is 68.6 Å². The number of carbonyl (C=O) groups excluding carboxylic acids is 2. The number of nitrogens with zero attached hydrogens (tertiary/aromatic N) is 3. The zero-order valence-electron chi connectivity index (χ0n) is 16.7. The van der Waals surface area contributed by atoms with Gasteiger partial charge in [0.1, 0.15) is 24.0 Å². The van der Waals surface area contributed by atoms with Crippen molar-refractivity contribution in [3.8, 4) is 11.5 Å². The lowest BCUT2D eigenvalue weighted by Crippen LogP contribution is -2.29. The van der Waals surface area contributed by atoms with Gasteiger partial charge in [-0.05, 0) is 42.8 Å². The number of ether oxygens (including phenoxy) is 2. The largest absolute Gasteiger partial charge is 0.507 e. The van der Waals surface area contributed by atoms with Crippen LogP contribution in [0.3, 0.4) is 0 Å². The molecule has 2 aliphatic heterocycles. The Bertz CT molecular complexity index is 1290. The molecule has 2 aromatic carbocycles. The van der Waals surface area contributed by atoms with E-state index in [0.717, 1.165) is 4.47 Å². The van der Waals surface area contributed by atoms with Crippen LogP contribution in [0.15, 0.2) is 52.5 Å². The number of Topliss-reactive ketones (excluding diaryl/α,β-unsaturated/α-hetero) is 1. The number of anilines is 1. The Morgan fingerprint density at radius 2 is 1.91 bits per heavy atom. The molecule has 10 heteroatoms. The predicted octanol–water partition coefficient (Wildman–Crippen LogP) is 4.01. The summed E-state index contributed by atoms with van der Waals surface area (Å²) >= 11 is 4.64.